The fourth-order valence-corrected chi connectivity index (χ4v) is 1.64. The summed E-state index contributed by atoms with van der Waals surface area (Å²) in [6, 6.07) is 7.39. The monoisotopic (exact) mass is 254 g/mol. The zero-order valence-electron chi connectivity index (χ0n) is 7.38. The van der Waals surface area contributed by atoms with Crippen molar-refractivity contribution in [1.82, 2.24) is 19.8 Å². The van der Waals surface area contributed by atoms with Gasteiger partial charge in [-0.25, -0.2) is 4.79 Å². The van der Waals surface area contributed by atoms with Gasteiger partial charge in [0.1, 0.15) is 0 Å². The molecule has 14 heavy (non-hydrogen) atoms. The number of hydrogen-bond donors (Lipinski definition) is 0. The summed E-state index contributed by atoms with van der Waals surface area (Å²) in [4.78, 5) is 12.7. The zero-order chi connectivity index (χ0) is 10.1. The molecule has 0 aliphatic rings. The molecule has 6 heteroatoms. The summed E-state index contributed by atoms with van der Waals surface area (Å²) in [7, 11) is 1.66. The van der Waals surface area contributed by atoms with Crippen LogP contribution in [0.4, 0.5) is 0 Å². The van der Waals surface area contributed by atoms with Gasteiger partial charge in [0, 0.05) is 11.5 Å². The number of aromatic nitrogens is 4. The molecule has 0 radical (unpaired) electrons. The van der Waals surface area contributed by atoms with Gasteiger partial charge in [-0.1, -0.05) is 17.2 Å². The van der Waals surface area contributed by atoms with Crippen LogP contribution in [0.15, 0.2) is 33.5 Å². The van der Waals surface area contributed by atoms with E-state index in [1.807, 2.05) is 24.3 Å². The first-order valence-corrected chi connectivity index (χ1v) is 4.73. The summed E-state index contributed by atoms with van der Waals surface area (Å²) in [5, 5.41) is 7.06. The molecule has 0 bridgehead atoms. The second-order valence-corrected chi connectivity index (χ2v) is 3.58. The summed E-state index contributed by atoms with van der Waals surface area (Å²) >= 11 is 3.36. The highest BCUT2D eigenvalue weighted by molar-refractivity contribution is 9.10. The summed E-state index contributed by atoms with van der Waals surface area (Å²) in [5.41, 5.74) is 0.337. The van der Waals surface area contributed by atoms with E-state index in [-0.39, 0.29) is 5.69 Å². The molecule has 1 aromatic carbocycles. The van der Waals surface area contributed by atoms with Crippen molar-refractivity contribution < 1.29 is 0 Å². The number of para-hydroxylation sites is 1. The average Bonchev–Trinajstić information content (AvgIpc) is 2.48. The van der Waals surface area contributed by atoms with Gasteiger partial charge in [-0.15, -0.1) is 0 Å². The lowest BCUT2D eigenvalue weighted by atomic mass is 10.3. The predicted molar refractivity (Wildman–Crippen MR) is 54.3 cm³/mol. The molecule has 0 unspecified atom stereocenters. The minimum atomic E-state index is -0.389. The van der Waals surface area contributed by atoms with Crippen LogP contribution in [0.2, 0.25) is 0 Å². The second-order valence-electron chi connectivity index (χ2n) is 2.72. The van der Waals surface area contributed by atoms with Crippen LogP contribution in [0.5, 0.6) is 0 Å². The summed E-state index contributed by atoms with van der Waals surface area (Å²) in [6.07, 6.45) is 0. The quantitative estimate of drug-likeness (QED) is 0.754. The Balaban J connectivity index is 2.72. The molecule has 0 saturated carbocycles. The molecule has 72 valence electrons. The van der Waals surface area contributed by atoms with Crippen molar-refractivity contribution in [2.24, 2.45) is 7.05 Å². The Morgan fingerprint density at radius 1 is 1.36 bits per heavy atom. The maximum atomic E-state index is 11.3. The lowest BCUT2D eigenvalue weighted by molar-refractivity contribution is 0.559. The van der Waals surface area contributed by atoms with Gasteiger partial charge in [-0.3, -0.25) is 0 Å². The molecule has 0 atom stereocenters. The van der Waals surface area contributed by atoms with Gasteiger partial charge < -0.3 is 0 Å². The predicted octanol–water partition coefficient (Wildman–Crippen LogP) is 0.728. The highest BCUT2D eigenvalue weighted by atomic mass is 79.9. The van der Waals surface area contributed by atoms with Crippen molar-refractivity contribution in [2.75, 3.05) is 0 Å². The summed E-state index contributed by atoms with van der Waals surface area (Å²) < 4.78 is 2.21. The Kier molecular flexibility index (Phi) is 2.20. The topological polar surface area (TPSA) is 52.7 Å². The maximum Gasteiger partial charge on any atom is 0.388 e. The Hall–Kier alpha value is -1.43. The highest BCUT2D eigenvalue weighted by Gasteiger charge is 2.08. The van der Waals surface area contributed by atoms with Crippen LogP contribution in [0, 0.1) is 0 Å². The Morgan fingerprint density at radius 3 is 2.64 bits per heavy atom. The van der Waals surface area contributed by atoms with Crippen LogP contribution in [-0.2, 0) is 7.05 Å². The molecule has 0 spiro atoms. The van der Waals surface area contributed by atoms with Gasteiger partial charge in [-0.05, 0) is 33.3 Å². The van der Waals surface area contributed by atoms with Crippen LogP contribution >= 0.6 is 15.9 Å². The third-order valence-corrected chi connectivity index (χ3v) is 2.48. The normalized spacial score (nSPS) is 10.4. The van der Waals surface area contributed by atoms with E-state index in [2.05, 4.69) is 26.2 Å². The van der Waals surface area contributed by atoms with Crippen LogP contribution < -0.4 is 5.69 Å². The highest BCUT2D eigenvalue weighted by Crippen LogP contribution is 2.17. The summed E-state index contributed by atoms with van der Waals surface area (Å²) in [6.45, 7) is 0. The van der Waals surface area contributed by atoms with E-state index in [4.69, 9.17) is 0 Å². The zero-order valence-corrected chi connectivity index (χ0v) is 8.97. The van der Waals surface area contributed by atoms with Crippen molar-refractivity contribution in [2.45, 2.75) is 0 Å². The molecule has 5 nitrogen and oxygen atoms in total. The first kappa shape index (κ1) is 9.14. The smallest absolute Gasteiger partial charge is 0.242 e. The lowest BCUT2D eigenvalue weighted by Crippen LogP contribution is -2.20. The molecular formula is C8H7BrN4O. The number of rotatable bonds is 1. The molecule has 2 rings (SSSR count). The fraction of sp³-hybridized carbons (Fsp3) is 0.125. The molecule has 1 aromatic heterocycles. The van der Waals surface area contributed by atoms with Crippen LogP contribution in [0.1, 0.15) is 0 Å². The van der Waals surface area contributed by atoms with E-state index in [0.717, 1.165) is 10.2 Å². The summed E-state index contributed by atoms with van der Waals surface area (Å²) in [5.74, 6) is 0. The molecule has 0 N–H and O–H groups in total. The Labute approximate surface area is 88.1 Å². The number of nitrogens with zero attached hydrogens (tertiary/aromatic N) is 4. The SMILES string of the molecule is Cn1nnc(=O)n1-c1ccccc1Br. The fourth-order valence-electron chi connectivity index (χ4n) is 1.19. The van der Waals surface area contributed by atoms with E-state index in [1.54, 1.807) is 7.05 Å². The first-order chi connectivity index (χ1) is 6.70. The minimum absolute atomic E-state index is 0.389. The van der Waals surface area contributed by atoms with Gasteiger partial charge in [0.15, 0.2) is 0 Å². The average molecular weight is 255 g/mol. The van der Waals surface area contributed by atoms with Crippen LogP contribution in [0.25, 0.3) is 5.69 Å². The van der Waals surface area contributed by atoms with E-state index < -0.39 is 0 Å². The molecule has 0 fully saturated rings. The van der Waals surface area contributed by atoms with Gasteiger partial charge in [0.2, 0.25) is 0 Å². The molecule has 0 saturated heterocycles. The molecule has 0 aliphatic carbocycles. The third-order valence-electron chi connectivity index (χ3n) is 1.81. The maximum absolute atomic E-state index is 11.3. The number of hydrogen-bond acceptors (Lipinski definition) is 3. The number of aryl methyl sites for hydroxylation is 1. The van der Waals surface area contributed by atoms with Crippen LogP contribution in [0.3, 0.4) is 0 Å². The van der Waals surface area contributed by atoms with Gasteiger partial charge in [-0.2, -0.15) is 9.48 Å². The van der Waals surface area contributed by atoms with Crippen molar-refractivity contribution >= 4 is 15.9 Å². The first-order valence-electron chi connectivity index (χ1n) is 3.94. The second kappa shape index (κ2) is 3.38. The number of halogens is 1. The lowest BCUT2D eigenvalue weighted by Gasteiger charge is -2.05. The molecule has 1 heterocycles. The van der Waals surface area contributed by atoms with E-state index in [0.29, 0.717) is 0 Å². The third kappa shape index (κ3) is 1.37. The molecule has 2 aromatic rings. The van der Waals surface area contributed by atoms with Crippen molar-refractivity contribution in [3.05, 3.63) is 39.2 Å². The van der Waals surface area contributed by atoms with Crippen molar-refractivity contribution in [3.8, 4) is 5.69 Å². The van der Waals surface area contributed by atoms with Crippen LogP contribution in [-0.4, -0.2) is 19.8 Å². The molecular weight excluding hydrogens is 248 g/mol. The van der Waals surface area contributed by atoms with E-state index >= 15 is 0 Å². The van der Waals surface area contributed by atoms with Crippen molar-refractivity contribution in [1.29, 1.82) is 0 Å². The van der Waals surface area contributed by atoms with Crippen molar-refractivity contribution in [3.63, 3.8) is 0 Å². The molecule has 0 aliphatic heterocycles. The standard InChI is InChI=1S/C8H7BrN4O/c1-12-11-10-8(14)13(12)7-5-3-2-4-6(7)9/h2-5H,1H3. The minimum Gasteiger partial charge on any atom is -0.242 e. The Bertz CT molecular complexity index is 516. The van der Waals surface area contributed by atoms with Gasteiger partial charge >= 0.3 is 5.69 Å². The Morgan fingerprint density at radius 2 is 2.07 bits per heavy atom. The van der Waals surface area contributed by atoms with E-state index in [9.17, 15) is 4.79 Å². The van der Waals surface area contributed by atoms with E-state index in [1.165, 1.54) is 9.48 Å². The number of benzene rings is 1. The van der Waals surface area contributed by atoms with Gasteiger partial charge in [0.25, 0.3) is 0 Å². The largest absolute Gasteiger partial charge is 0.388 e. The molecule has 0 amide bonds. The van der Waals surface area contributed by atoms with Gasteiger partial charge in [0.05, 0.1) is 5.69 Å². The number of tetrazole rings is 1.